The van der Waals surface area contributed by atoms with Crippen molar-refractivity contribution in [1.82, 2.24) is 0 Å². The highest BCUT2D eigenvalue weighted by Gasteiger charge is 2.05. The zero-order valence-corrected chi connectivity index (χ0v) is 11.6. The topological polar surface area (TPSA) is 29.5 Å². The summed E-state index contributed by atoms with van der Waals surface area (Å²) in [7, 11) is 0. The van der Waals surface area contributed by atoms with Gasteiger partial charge in [0.15, 0.2) is 6.29 Å². The number of hydrogen-bond donors (Lipinski definition) is 1. The van der Waals surface area contributed by atoms with E-state index in [1.54, 1.807) is 0 Å². The average Bonchev–Trinajstić information content (AvgIpc) is 2.38. The van der Waals surface area contributed by atoms with Crippen LogP contribution >= 0.6 is 0 Å². The van der Waals surface area contributed by atoms with E-state index in [9.17, 15) is 5.11 Å². The van der Waals surface area contributed by atoms with Gasteiger partial charge in [0.2, 0.25) is 0 Å². The first-order valence-electron chi connectivity index (χ1n) is 7.04. The van der Waals surface area contributed by atoms with Gasteiger partial charge < -0.3 is 9.84 Å². The van der Waals surface area contributed by atoms with E-state index in [1.165, 1.54) is 25.7 Å². The van der Waals surface area contributed by atoms with E-state index in [1.807, 2.05) is 30.3 Å². The molecular weight excluding hydrogens is 224 g/mol. The van der Waals surface area contributed by atoms with E-state index in [-0.39, 0.29) is 0 Å². The highest BCUT2D eigenvalue weighted by molar-refractivity contribution is 5.15. The van der Waals surface area contributed by atoms with E-state index < -0.39 is 6.29 Å². The lowest BCUT2D eigenvalue weighted by Crippen LogP contribution is -2.04. The van der Waals surface area contributed by atoms with Crippen molar-refractivity contribution in [1.29, 1.82) is 0 Å². The minimum atomic E-state index is -0.776. The minimum absolute atomic E-state index is 0.637. The van der Waals surface area contributed by atoms with Gasteiger partial charge in [0, 0.05) is 5.56 Å². The van der Waals surface area contributed by atoms with Gasteiger partial charge in [-0.2, -0.15) is 0 Å². The molecule has 1 atom stereocenters. The first-order valence-corrected chi connectivity index (χ1v) is 7.04. The molecule has 1 rings (SSSR count). The molecule has 0 aromatic heterocycles. The lowest BCUT2D eigenvalue weighted by Gasteiger charge is -2.12. The summed E-state index contributed by atoms with van der Waals surface area (Å²) in [6.07, 6.45) is 5.33. The van der Waals surface area contributed by atoms with Crippen LogP contribution < -0.4 is 0 Å². The van der Waals surface area contributed by atoms with Gasteiger partial charge >= 0.3 is 0 Å². The Morgan fingerprint density at radius 1 is 1.00 bits per heavy atom. The molecule has 1 unspecified atom stereocenters. The van der Waals surface area contributed by atoms with Gasteiger partial charge in [-0.05, 0) is 12.3 Å². The van der Waals surface area contributed by atoms with E-state index in [4.69, 9.17) is 4.74 Å². The van der Waals surface area contributed by atoms with Crippen LogP contribution in [0.25, 0.3) is 0 Å². The van der Waals surface area contributed by atoms with Crippen molar-refractivity contribution in [3.8, 4) is 0 Å². The van der Waals surface area contributed by atoms with Crippen molar-refractivity contribution >= 4 is 0 Å². The van der Waals surface area contributed by atoms with Gasteiger partial charge in [0.25, 0.3) is 0 Å². The molecule has 0 aliphatic carbocycles. The van der Waals surface area contributed by atoms with Crippen LogP contribution in [-0.4, -0.2) is 11.7 Å². The summed E-state index contributed by atoms with van der Waals surface area (Å²) in [5, 5.41) is 9.77. The normalized spacial score (nSPS) is 12.9. The van der Waals surface area contributed by atoms with Crippen LogP contribution in [0, 0.1) is 5.92 Å². The van der Waals surface area contributed by atoms with Crippen LogP contribution in [0.5, 0.6) is 0 Å². The second-order valence-corrected chi connectivity index (χ2v) is 5.23. The summed E-state index contributed by atoms with van der Waals surface area (Å²) < 4.78 is 5.41. The Hall–Kier alpha value is -0.860. The summed E-state index contributed by atoms with van der Waals surface area (Å²) in [5.41, 5.74) is 0.831. The summed E-state index contributed by atoms with van der Waals surface area (Å²) in [4.78, 5) is 0. The standard InChI is InChI=1S/C16H26O2/c1-14(2)10-6-3-4-9-13-18-16(17)15-11-7-5-8-12-15/h5,7-8,11-12,14,16-17H,3-4,6,9-10,13H2,1-2H3. The van der Waals surface area contributed by atoms with E-state index >= 15 is 0 Å². The predicted octanol–water partition coefficient (Wildman–Crippen LogP) is 4.30. The van der Waals surface area contributed by atoms with Crippen LogP contribution in [0.4, 0.5) is 0 Å². The van der Waals surface area contributed by atoms with Crippen LogP contribution in [0.15, 0.2) is 30.3 Å². The first kappa shape index (κ1) is 15.2. The third-order valence-corrected chi connectivity index (χ3v) is 3.04. The van der Waals surface area contributed by atoms with Crippen molar-refractivity contribution in [2.75, 3.05) is 6.61 Å². The quantitative estimate of drug-likeness (QED) is 0.523. The second-order valence-electron chi connectivity index (χ2n) is 5.23. The third-order valence-electron chi connectivity index (χ3n) is 3.04. The number of benzene rings is 1. The molecule has 0 saturated heterocycles. The van der Waals surface area contributed by atoms with Crippen LogP contribution in [0.2, 0.25) is 0 Å². The van der Waals surface area contributed by atoms with Gasteiger partial charge in [-0.15, -0.1) is 0 Å². The fourth-order valence-corrected chi connectivity index (χ4v) is 1.92. The van der Waals surface area contributed by atoms with Gasteiger partial charge in [-0.3, -0.25) is 0 Å². The molecule has 0 saturated carbocycles. The average molecular weight is 250 g/mol. The molecular formula is C16H26O2. The summed E-state index contributed by atoms with van der Waals surface area (Å²) in [6, 6.07) is 9.52. The number of unbranched alkanes of at least 4 members (excludes halogenated alkanes) is 3. The molecule has 2 heteroatoms. The molecule has 1 aromatic rings. The summed E-state index contributed by atoms with van der Waals surface area (Å²) in [5.74, 6) is 0.807. The molecule has 18 heavy (non-hydrogen) atoms. The Labute approximate surface area is 111 Å². The van der Waals surface area contributed by atoms with E-state index in [2.05, 4.69) is 13.8 Å². The SMILES string of the molecule is CC(C)CCCCCCOC(O)c1ccccc1. The number of hydrogen-bond acceptors (Lipinski definition) is 2. The molecule has 0 radical (unpaired) electrons. The van der Waals surface area contributed by atoms with Gasteiger partial charge in [0.1, 0.15) is 0 Å². The second kappa shape index (κ2) is 9.12. The molecule has 2 nitrogen and oxygen atoms in total. The van der Waals surface area contributed by atoms with Crippen LogP contribution in [-0.2, 0) is 4.74 Å². The Morgan fingerprint density at radius 2 is 1.67 bits per heavy atom. The number of rotatable bonds is 9. The Balaban J connectivity index is 2.01. The first-order chi connectivity index (χ1) is 8.70. The molecule has 0 spiro atoms. The lowest BCUT2D eigenvalue weighted by atomic mass is 10.0. The highest BCUT2D eigenvalue weighted by Crippen LogP contribution is 2.14. The highest BCUT2D eigenvalue weighted by atomic mass is 16.6. The maximum absolute atomic E-state index is 9.77. The fourth-order valence-electron chi connectivity index (χ4n) is 1.92. The molecule has 0 bridgehead atoms. The fraction of sp³-hybridized carbons (Fsp3) is 0.625. The van der Waals surface area contributed by atoms with Crippen LogP contribution in [0.3, 0.4) is 0 Å². The van der Waals surface area contributed by atoms with Crippen molar-refractivity contribution < 1.29 is 9.84 Å². The molecule has 0 amide bonds. The third kappa shape index (κ3) is 6.77. The molecule has 0 fully saturated rings. The van der Waals surface area contributed by atoms with Gasteiger partial charge in [-0.25, -0.2) is 0 Å². The minimum Gasteiger partial charge on any atom is -0.364 e. The molecule has 1 aromatic carbocycles. The van der Waals surface area contributed by atoms with Crippen molar-refractivity contribution in [3.63, 3.8) is 0 Å². The maximum Gasteiger partial charge on any atom is 0.181 e. The molecule has 0 heterocycles. The summed E-state index contributed by atoms with van der Waals surface area (Å²) in [6.45, 7) is 5.16. The monoisotopic (exact) mass is 250 g/mol. The smallest absolute Gasteiger partial charge is 0.181 e. The van der Waals surface area contributed by atoms with Crippen molar-refractivity contribution in [2.45, 2.75) is 52.2 Å². The Morgan fingerprint density at radius 3 is 2.33 bits per heavy atom. The zero-order chi connectivity index (χ0) is 13.2. The van der Waals surface area contributed by atoms with Crippen molar-refractivity contribution in [3.05, 3.63) is 35.9 Å². The van der Waals surface area contributed by atoms with E-state index in [0.717, 1.165) is 17.9 Å². The molecule has 1 N–H and O–H groups in total. The lowest BCUT2D eigenvalue weighted by molar-refractivity contribution is -0.103. The van der Waals surface area contributed by atoms with Crippen molar-refractivity contribution in [2.24, 2.45) is 5.92 Å². The Kier molecular flexibility index (Phi) is 7.70. The summed E-state index contributed by atoms with van der Waals surface area (Å²) >= 11 is 0. The molecule has 102 valence electrons. The van der Waals surface area contributed by atoms with Gasteiger partial charge in [-0.1, -0.05) is 69.9 Å². The van der Waals surface area contributed by atoms with Gasteiger partial charge in [0.05, 0.1) is 6.61 Å². The number of ether oxygens (including phenoxy) is 1. The Bertz CT molecular complexity index is 295. The molecule has 0 aliphatic rings. The predicted molar refractivity (Wildman–Crippen MR) is 75.3 cm³/mol. The maximum atomic E-state index is 9.77. The largest absolute Gasteiger partial charge is 0.364 e. The zero-order valence-electron chi connectivity index (χ0n) is 11.6. The van der Waals surface area contributed by atoms with E-state index in [0.29, 0.717) is 6.61 Å². The molecule has 0 aliphatic heterocycles. The number of aliphatic hydroxyl groups is 1. The number of aliphatic hydroxyl groups excluding tert-OH is 1. The van der Waals surface area contributed by atoms with Crippen LogP contribution in [0.1, 0.15) is 57.8 Å².